The number of hydrogen-bond donors (Lipinski definition) is 1. The Morgan fingerprint density at radius 3 is 2.95 bits per heavy atom. The molecule has 3 rings (SSSR count). The second-order valence-electron chi connectivity index (χ2n) is 6.19. The van der Waals surface area contributed by atoms with Crippen molar-refractivity contribution in [1.29, 1.82) is 0 Å². The number of ether oxygens (including phenoxy) is 1. The molecule has 0 radical (unpaired) electrons. The van der Waals surface area contributed by atoms with Gasteiger partial charge >= 0.3 is 0 Å². The van der Waals surface area contributed by atoms with Gasteiger partial charge in [-0.1, -0.05) is 12.8 Å². The molecule has 2 unspecified atom stereocenters. The van der Waals surface area contributed by atoms with Crippen LogP contribution in [0.5, 0.6) is 0 Å². The van der Waals surface area contributed by atoms with E-state index in [0.717, 1.165) is 19.7 Å². The molecule has 2 atom stereocenters. The Bertz CT molecular complexity index is 427. The summed E-state index contributed by atoms with van der Waals surface area (Å²) in [6.07, 6.45) is 7.57. The lowest BCUT2D eigenvalue weighted by Crippen LogP contribution is -2.50. The van der Waals surface area contributed by atoms with E-state index >= 15 is 0 Å². The van der Waals surface area contributed by atoms with E-state index in [2.05, 4.69) is 28.8 Å². The normalized spacial score (nSPS) is 29.1. The van der Waals surface area contributed by atoms with E-state index in [1.54, 1.807) is 0 Å². The summed E-state index contributed by atoms with van der Waals surface area (Å²) in [4.78, 5) is 2.43. The summed E-state index contributed by atoms with van der Waals surface area (Å²) in [7, 11) is 0. The van der Waals surface area contributed by atoms with E-state index in [9.17, 15) is 0 Å². The summed E-state index contributed by atoms with van der Waals surface area (Å²) in [5.74, 6) is 0. The van der Waals surface area contributed by atoms with Crippen LogP contribution in [0.1, 0.15) is 44.3 Å². The third-order valence-corrected chi connectivity index (χ3v) is 4.62. The minimum Gasteiger partial charge on any atom is -0.374 e. The van der Waals surface area contributed by atoms with E-state index in [0.29, 0.717) is 18.6 Å². The highest BCUT2D eigenvalue weighted by molar-refractivity contribution is 5.01. The second-order valence-corrected chi connectivity index (χ2v) is 6.19. The predicted octanol–water partition coefficient (Wildman–Crippen LogP) is 1.55. The highest BCUT2D eigenvalue weighted by atomic mass is 16.5. The Kier molecular flexibility index (Phi) is 4.38. The Morgan fingerprint density at radius 1 is 1.40 bits per heavy atom. The predicted molar refractivity (Wildman–Crippen MR) is 78.4 cm³/mol. The third kappa shape index (κ3) is 3.05. The van der Waals surface area contributed by atoms with E-state index in [-0.39, 0.29) is 6.10 Å². The van der Waals surface area contributed by atoms with Crippen molar-refractivity contribution in [3.05, 3.63) is 18.0 Å². The molecule has 5 heteroatoms. The molecule has 112 valence electrons. The van der Waals surface area contributed by atoms with Crippen molar-refractivity contribution in [2.75, 3.05) is 19.7 Å². The Labute approximate surface area is 121 Å². The van der Waals surface area contributed by atoms with Crippen molar-refractivity contribution in [3.63, 3.8) is 0 Å². The first-order valence-corrected chi connectivity index (χ1v) is 7.86. The van der Waals surface area contributed by atoms with Crippen LogP contribution in [0.4, 0.5) is 0 Å². The van der Waals surface area contributed by atoms with Gasteiger partial charge < -0.3 is 10.5 Å². The standard InChI is InChI=1S/C15H26N4O/c1-12-11-20-15(8-16)10-18(12)9-13-6-7-19(17-13)14-4-2-3-5-14/h6-7,12,14-15H,2-5,8-11,16H2,1H3. The van der Waals surface area contributed by atoms with Crippen LogP contribution in [-0.4, -0.2) is 46.5 Å². The summed E-state index contributed by atoms with van der Waals surface area (Å²) in [5, 5.41) is 4.77. The lowest BCUT2D eigenvalue weighted by molar-refractivity contribution is -0.0571. The maximum atomic E-state index is 5.72. The third-order valence-electron chi connectivity index (χ3n) is 4.62. The van der Waals surface area contributed by atoms with Gasteiger partial charge in [0, 0.05) is 31.9 Å². The van der Waals surface area contributed by atoms with E-state index in [1.165, 1.54) is 31.4 Å². The number of aromatic nitrogens is 2. The Balaban J connectivity index is 1.61. The van der Waals surface area contributed by atoms with Gasteiger partial charge in [-0.3, -0.25) is 9.58 Å². The van der Waals surface area contributed by atoms with Gasteiger partial charge in [0.25, 0.3) is 0 Å². The van der Waals surface area contributed by atoms with Crippen LogP contribution in [0.25, 0.3) is 0 Å². The van der Waals surface area contributed by atoms with Crippen molar-refractivity contribution < 1.29 is 4.74 Å². The number of nitrogens with zero attached hydrogens (tertiary/aromatic N) is 3. The van der Waals surface area contributed by atoms with Crippen molar-refractivity contribution >= 4 is 0 Å². The molecule has 2 aliphatic rings. The maximum absolute atomic E-state index is 5.72. The highest BCUT2D eigenvalue weighted by Crippen LogP contribution is 2.28. The van der Waals surface area contributed by atoms with E-state index < -0.39 is 0 Å². The lowest BCUT2D eigenvalue weighted by Gasteiger charge is -2.37. The van der Waals surface area contributed by atoms with Gasteiger partial charge in [0.2, 0.25) is 0 Å². The lowest BCUT2D eigenvalue weighted by atomic mass is 10.2. The largest absolute Gasteiger partial charge is 0.374 e. The molecule has 0 aromatic carbocycles. The minimum atomic E-state index is 0.170. The molecule has 2 fully saturated rings. The highest BCUT2D eigenvalue weighted by Gasteiger charge is 2.26. The molecule has 1 saturated heterocycles. The minimum absolute atomic E-state index is 0.170. The van der Waals surface area contributed by atoms with E-state index in [1.807, 2.05) is 0 Å². The van der Waals surface area contributed by atoms with Crippen LogP contribution >= 0.6 is 0 Å². The number of rotatable bonds is 4. The Morgan fingerprint density at radius 2 is 2.20 bits per heavy atom. The first kappa shape index (κ1) is 14.0. The number of nitrogens with two attached hydrogens (primary N) is 1. The zero-order valence-corrected chi connectivity index (χ0v) is 12.4. The molecule has 1 aliphatic heterocycles. The fraction of sp³-hybridized carbons (Fsp3) is 0.800. The summed E-state index contributed by atoms with van der Waals surface area (Å²) >= 11 is 0. The summed E-state index contributed by atoms with van der Waals surface area (Å²) < 4.78 is 7.88. The zero-order chi connectivity index (χ0) is 13.9. The van der Waals surface area contributed by atoms with Crippen LogP contribution in [0, 0.1) is 0 Å². The summed E-state index contributed by atoms with van der Waals surface area (Å²) in [5.41, 5.74) is 6.89. The van der Waals surface area contributed by atoms with Gasteiger partial charge in [0.15, 0.2) is 0 Å². The van der Waals surface area contributed by atoms with E-state index in [4.69, 9.17) is 15.6 Å². The fourth-order valence-corrected chi connectivity index (χ4v) is 3.28. The van der Waals surface area contributed by atoms with Crippen LogP contribution in [0.2, 0.25) is 0 Å². The molecule has 0 spiro atoms. The van der Waals surface area contributed by atoms with Crippen LogP contribution in [0.3, 0.4) is 0 Å². The molecule has 20 heavy (non-hydrogen) atoms. The molecular weight excluding hydrogens is 252 g/mol. The van der Waals surface area contributed by atoms with Crippen LogP contribution in [0.15, 0.2) is 12.3 Å². The summed E-state index contributed by atoms with van der Waals surface area (Å²) in [6, 6.07) is 3.23. The van der Waals surface area contributed by atoms with Gasteiger partial charge in [0.05, 0.1) is 24.4 Å². The first-order valence-electron chi connectivity index (χ1n) is 7.86. The van der Waals surface area contributed by atoms with Crippen molar-refractivity contribution in [3.8, 4) is 0 Å². The molecule has 1 aromatic heterocycles. The van der Waals surface area contributed by atoms with Gasteiger partial charge in [0.1, 0.15) is 0 Å². The quantitative estimate of drug-likeness (QED) is 0.908. The number of morpholine rings is 1. The SMILES string of the molecule is CC1COC(CN)CN1Cc1ccn(C2CCCC2)n1. The fourth-order valence-electron chi connectivity index (χ4n) is 3.28. The smallest absolute Gasteiger partial charge is 0.0824 e. The average Bonchev–Trinajstić information content (AvgIpc) is 3.12. The van der Waals surface area contributed by atoms with Gasteiger partial charge in [-0.25, -0.2) is 0 Å². The first-order chi connectivity index (χ1) is 9.76. The van der Waals surface area contributed by atoms with Gasteiger partial charge in [-0.15, -0.1) is 0 Å². The number of hydrogen-bond acceptors (Lipinski definition) is 4. The molecule has 1 aromatic rings. The molecule has 0 amide bonds. The van der Waals surface area contributed by atoms with Crippen molar-refractivity contribution in [1.82, 2.24) is 14.7 Å². The van der Waals surface area contributed by atoms with Crippen molar-refractivity contribution in [2.45, 2.75) is 57.3 Å². The maximum Gasteiger partial charge on any atom is 0.0824 e. The molecule has 5 nitrogen and oxygen atoms in total. The second kappa shape index (κ2) is 6.24. The molecule has 2 heterocycles. The molecule has 1 aliphatic carbocycles. The molecule has 1 saturated carbocycles. The van der Waals surface area contributed by atoms with Gasteiger partial charge in [-0.2, -0.15) is 5.10 Å². The summed E-state index contributed by atoms with van der Waals surface area (Å²) in [6.45, 7) is 5.39. The Hall–Kier alpha value is -0.910. The monoisotopic (exact) mass is 278 g/mol. The van der Waals surface area contributed by atoms with Crippen LogP contribution < -0.4 is 5.73 Å². The van der Waals surface area contributed by atoms with Gasteiger partial charge in [-0.05, 0) is 25.8 Å². The topological polar surface area (TPSA) is 56.3 Å². The molecular formula is C15H26N4O. The zero-order valence-electron chi connectivity index (χ0n) is 12.4. The molecule has 0 bridgehead atoms. The van der Waals surface area contributed by atoms with Crippen molar-refractivity contribution in [2.24, 2.45) is 5.73 Å². The average molecular weight is 278 g/mol. The molecule has 2 N–H and O–H groups in total. The van der Waals surface area contributed by atoms with Crippen LogP contribution in [-0.2, 0) is 11.3 Å².